The first-order chi connectivity index (χ1) is 8.75. The van der Waals surface area contributed by atoms with Crippen molar-refractivity contribution in [2.45, 2.75) is 26.0 Å². The van der Waals surface area contributed by atoms with Gasteiger partial charge in [-0.25, -0.2) is 4.98 Å². The normalized spacial score (nSPS) is 20.5. The summed E-state index contributed by atoms with van der Waals surface area (Å²) in [5, 5.41) is 0. The van der Waals surface area contributed by atoms with E-state index in [2.05, 4.69) is 21.5 Å². The molecule has 1 aliphatic rings. The van der Waals surface area contributed by atoms with Crippen LogP contribution in [-0.4, -0.2) is 60.5 Å². The molecule has 5 heteroatoms. The average molecular weight is 253 g/mol. The van der Waals surface area contributed by atoms with Gasteiger partial charge in [0.1, 0.15) is 5.82 Å². The summed E-state index contributed by atoms with van der Waals surface area (Å²) in [7, 11) is 2.14. The second kappa shape index (κ2) is 6.87. The van der Waals surface area contributed by atoms with Crippen LogP contribution in [0.5, 0.6) is 0 Å². The molecule has 0 amide bonds. The number of hydrogen-bond donors (Lipinski definition) is 0. The first kappa shape index (κ1) is 13.5. The molecule has 2 heterocycles. The van der Waals surface area contributed by atoms with E-state index >= 15 is 0 Å². The van der Waals surface area contributed by atoms with Gasteiger partial charge in [0.05, 0.1) is 25.9 Å². The molecule has 1 aliphatic heterocycles. The van der Waals surface area contributed by atoms with Crippen LogP contribution in [0, 0.1) is 6.92 Å². The molecule has 2 rings (SSSR count). The van der Waals surface area contributed by atoms with Crippen molar-refractivity contribution in [2.75, 3.05) is 40.0 Å². The molecule has 0 aromatic carbocycles. The second-order valence-electron chi connectivity index (χ2n) is 4.85. The van der Waals surface area contributed by atoms with Crippen LogP contribution in [0.4, 0.5) is 0 Å². The maximum atomic E-state index is 5.64. The molecule has 0 aliphatic carbocycles. The van der Waals surface area contributed by atoms with E-state index in [1.807, 2.05) is 19.3 Å². The van der Waals surface area contributed by atoms with Gasteiger partial charge in [0.25, 0.3) is 0 Å². The monoisotopic (exact) mass is 253 g/mol. The van der Waals surface area contributed by atoms with Crippen LogP contribution >= 0.6 is 0 Å². The summed E-state index contributed by atoms with van der Waals surface area (Å²) in [4.78, 5) is 6.53. The Morgan fingerprint density at radius 3 is 3.06 bits per heavy atom. The third-order valence-corrected chi connectivity index (χ3v) is 3.26. The Kier molecular flexibility index (Phi) is 5.16. The van der Waals surface area contributed by atoms with Gasteiger partial charge >= 0.3 is 0 Å². The smallest absolute Gasteiger partial charge is 0.105 e. The van der Waals surface area contributed by atoms with Crippen molar-refractivity contribution in [3.8, 4) is 0 Å². The Hall–Kier alpha value is -0.910. The topological polar surface area (TPSA) is 39.5 Å². The van der Waals surface area contributed by atoms with E-state index in [1.54, 1.807) is 0 Å². The number of likely N-dealkylation sites (N-methyl/N-ethyl adjacent to an activating group) is 1. The standard InChI is InChI=1S/C13H23N3O2/c1-12-14-4-7-16(12)6-3-5-15(2)10-13-11-17-8-9-18-13/h4,7,13H,3,5-6,8-11H2,1-2H3. The van der Waals surface area contributed by atoms with Crippen molar-refractivity contribution in [3.63, 3.8) is 0 Å². The lowest BCUT2D eigenvalue weighted by Gasteiger charge is -2.27. The lowest BCUT2D eigenvalue weighted by atomic mass is 10.3. The van der Waals surface area contributed by atoms with E-state index in [0.29, 0.717) is 0 Å². The molecule has 5 nitrogen and oxygen atoms in total. The minimum Gasteiger partial charge on any atom is -0.376 e. The number of hydrogen-bond acceptors (Lipinski definition) is 4. The number of ether oxygens (including phenoxy) is 2. The quantitative estimate of drug-likeness (QED) is 0.756. The zero-order chi connectivity index (χ0) is 12.8. The van der Waals surface area contributed by atoms with E-state index in [-0.39, 0.29) is 6.10 Å². The number of imidazole rings is 1. The molecule has 1 aromatic heterocycles. The van der Waals surface area contributed by atoms with E-state index in [9.17, 15) is 0 Å². The van der Waals surface area contributed by atoms with Crippen molar-refractivity contribution < 1.29 is 9.47 Å². The first-order valence-corrected chi connectivity index (χ1v) is 6.61. The van der Waals surface area contributed by atoms with Gasteiger partial charge in [-0.05, 0) is 26.9 Å². The van der Waals surface area contributed by atoms with Crippen molar-refractivity contribution in [1.82, 2.24) is 14.5 Å². The molecule has 18 heavy (non-hydrogen) atoms. The van der Waals surface area contributed by atoms with Crippen molar-refractivity contribution in [2.24, 2.45) is 0 Å². The molecule has 1 aromatic rings. The second-order valence-corrected chi connectivity index (χ2v) is 4.85. The highest BCUT2D eigenvalue weighted by atomic mass is 16.6. The third kappa shape index (κ3) is 4.08. The Labute approximate surface area is 109 Å². The largest absolute Gasteiger partial charge is 0.376 e. The highest BCUT2D eigenvalue weighted by Gasteiger charge is 2.15. The number of nitrogens with zero attached hydrogens (tertiary/aromatic N) is 3. The van der Waals surface area contributed by atoms with E-state index in [4.69, 9.17) is 9.47 Å². The summed E-state index contributed by atoms with van der Waals surface area (Å²) in [6.45, 7) is 7.27. The molecular formula is C13H23N3O2. The van der Waals surface area contributed by atoms with Crippen molar-refractivity contribution in [3.05, 3.63) is 18.2 Å². The molecule has 0 N–H and O–H groups in total. The lowest BCUT2D eigenvalue weighted by Crippen LogP contribution is -2.38. The molecule has 102 valence electrons. The van der Waals surface area contributed by atoms with E-state index in [0.717, 1.165) is 51.7 Å². The van der Waals surface area contributed by atoms with Gasteiger partial charge in [0.2, 0.25) is 0 Å². The fourth-order valence-electron chi connectivity index (χ4n) is 2.23. The minimum atomic E-state index is 0.235. The van der Waals surface area contributed by atoms with Gasteiger partial charge in [0, 0.05) is 25.5 Å². The maximum absolute atomic E-state index is 5.64. The molecular weight excluding hydrogens is 230 g/mol. The SMILES string of the molecule is Cc1nccn1CCCN(C)CC1COCCO1. The Morgan fingerprint density at radius 1 is 1.50 bits per heavy atom. The molecule has 0 bridgehead atoms. The van der Waals surface area contributed by atoms with Gasteiger partial charge < -0.3 is 18.9 Å². The summed E-state index contributed by atoms with van der Waals surface area (Å²) in [5.41, 5.74) is 0. The van der Waals surface area contributed by atoms with Crippen LogP contribution in [0.1, 0.15) is 12.2 Å². The fourth-order valence-corrected chi connectivity index (χ4v) is 2.23. The third-order valence-electron chi connectivity index (χ3n) is 3.26. The minimum absolute atomic E-state index is 0.235. The fraction of sp³-hybridized carbons (Fsp3) is 0.769. The summed E-state index contributed by atoms with van der Waals surface area (Å²) in [6, 6.07) is 0. The van der Waals surface area contributed by atoms with Gasteiger partial charge in [-0.15, -0.1) is 0 Å². The van der Waals surface area contributed by atoms with Gasteiger partial charge in [-0.3, -0.25) is 0 Å². The maximum Gasteiger partial charge on any atom is 0.105 e. The highest BCUT2D eigenvalue weighted by Crippen LogP contribution is 2.04. The average Bonchev–Trinajstić information content (AvgIpc) is 2.76. The molecule has 1 unspecified atom stereocenters. The Bertz CT molecular complexity index is 348. The van der Waals surface area contributed by atoms with Gasteiger partial charge in [-0.2, -0.15) is 0 Å². The molecule has 0 radical (unpaired) electrons. The Morgan fingerprint density at radius 2 is 2.39 bits per heavy atom. The van der Waals surface area contributed by atoms with Crippen molar-refractivity contribution in [1.29, 1.82) is 0 Å². The predicted octanol–water partition coefficient (Wildman–Crippen LogP) is 0.929. The van der Waals surface area contributed by atoms with E-state index < -0.39 is 0 Å². The summed E-state index contributed by atoms with van der Waals surface area (Å²) in [5.74, 6) is 1.08. The number of aromatic nitrogens is 2. The van der Waals surface area contributed by atoms with Gasteiger partial charge in [0.15, 0.2) is 0 Å². The van der Waals surface area contributed by atoms with Crippen LogP contribution < -0.4 is 0 Å². The molecule has 1 saturated heterocycles. The zero-order valence-electron chi connectivity index (χ0n) is 11.3. The summed E-state index contributed by atoms with van der Waals surface area (Å²) >= 11 is 0. The summed E-state index contributed by atoms with van der Waals surface area (Å²) < 4.78 is 13.2. The highest BCUT2D eigenvalue weighted by molar-refractivity contribution is 4.88. The first-order valence-electron chi connectivity index (χ1n) is 6.61. The Balaban J connectivity index is 1.62. The molecule has 0 spiro atoms. The van der Waals surface area contributed by atoms with Crippen LogP contribution in [0.3, 0.4) is 0 Å². The lowest BCUT2D eigenvalue weighted by molar-refractivity contribution is -0.0957. The van der Waals surface area contributed by atoms with Crippen LogP contribution in [0.2, 0.25) is 0 Å². The van der Waals surface area contributed by atoms with E-state index in [1.165, 1.54) is 0 Å². The number of aryl methyl sites for hydroxylation is 2. The molecule has 0 saturated carbocycles. The molecule has 1 atom stereocenters. The van der Waals surface area contributed by atoms with Crippen LogP contribution in [0.25, 0.3) is 0 Å². The van der Waals surface area contributed by atoms with Crippen LogP contribution in [-0.2, 0) is 16.0 Å². The zero-order valence-corrected chi connectivity index (χ0v) is 11.3. The molecule has 1 fully saturated rings. The summed E-state index contributed by atoms with van der Waals surface area (Å²) in [6.07, 6.45) is 5.25. The van der Waals surface area contributed by atoms with Gasteiger partial charge in [-0.1, -0.05) is 0 Å². The van der Waals surface area contributed by atoms with Crippen LogP contribution in [0.15, 0.2) is 12.4 Å². The van der Waals surface area contributed by atoms with Crippen molar-refractivity contribution >= 4 is 0 Å². The number of rotatable bonds is 6. The predicted molar refractivity (Wildman–Crippen MR) is 69.6 cm³/mol.